The second-order valence-electron chi connectivity index (χ2n) is 5.62. The van der Waals surface area contributed by atoms with E-state index >= 15 is 0 Å². The maximum atomic E-state index is 4.51. The number of aromatic nitrogens is 2. The highest BCUT2D eigenvalue weighted by Gasteiger charge is 2.33. The third kappa shape index (κ3) is 2.08. The first-order valence-electron chi connectivity index (χ1n) is 7.22. The van der Waals surface area contributed by atoms with Gasteiger partial charge in [0.2, 0.25) is 0 Å². The highest BCUT2D eigenvalue weighted by Crippen LogP contribution is 2.32. The minimum Gasteiger partial charge on any atom is -0.353 e. The first-order valence-corrected chi connectivity index (χ1v) is 8.04. The number of thiophene rings is 1. The molecule has 4 heterocycles. The Bertz CT molecular complexity index is 613. The fourth-order valence-electron chi connectivity index (χ4n) is 3.12. The highest BCUT2D eigenvalue weighted by atomic mass is 32.1. The topological polar surface area (TPSA) is 44.3 Å². The molecule has 6 heteroatoms. The molecule has 0 bridgehead atoms. The summed E-state index contributed by atoms with van der Waals surface area (Å²) in [6.07, 6.45) is 1.70. The maximum absolute atomic E-state index is 4.51. The Balaban J connectivity index is 1.51. The summed E-state index contributed by atoms with van der Waals surface area (Å²) in [6.45, 7) is 8.93. The predicted molar refractivity (Wildman–Crippen MR) is 82.6 cm³/mol. The molecule has 0 atom stereocenters. The fraction of sp³-hybridized carbons (Fsp3) is 0.571. The summed E-state index contributed by atoms with van der Waals surface area (Å²) in [5, 5.41) is 4.63. The van der Waals surface area contributed by atoms with Crippen molar-refractivity contribution in [1.29, 1.82) is 0 Å². The predicted octanol–water partition coefficient (Wildman–Crippen LogP) is 1.09. The van der Waals surface area contributed by atoms with Gasteiger partial charge >= 0.3 is 0 Å². The van der Waals surface area contributed by atoms with Crippen LogP contribution in [0.4, 0.5) is 5.82 Å². The minimum atomic E-state index is 0.696. The first kappa shape index (κ1) is 12.5. The average molecular weight is 289 g/mol. The van der Waals surface area contributed by atoms with Crippen LogP contribution in [0.3, 0.4) is 0 Å². The zero-order valence-corrected chi connectivity index (χ0v) is 12.5. The van der Waals surface area contributed by atoms with Crippen LogP contribution in [0.2, 0.25) is 0 Å². The van der Waals surface area contributed by atoms with Crippen molar-refractivity contribution in [3.8, 4) is 0 Å². The third-order valence-corrected chi connectivity index (χ3v) is 5.22. The number of nitrogens with zero attached hydrogens (tertiary/aromatic N) is 4. The Labute approximate surface area is 122 Å². The summed E-state index contributed by atoms with van der Waals surface area (Å²) < 4.78 is 0. The van der Waals surface area contributed by atoms with Crippen molar-refractivity contribution in [3.63, 3.8) is 0 Å². The molecule has 2 aromatic heterocycles. The lowest BCUT2D eigenvalue weighted by molar-refractivity contribution is 0.147. The Morgan fingerprint density at radius 3 is 2.85 bits per heavy atom. The molecule has 2 aliphatic rings. The fourth-order valence-corrected chi connectivity index (χ4v) is 3.96. The van der Waals surface area contributed by atoms with Crippen LogP contribution in [-0.2, 0) is 0 Å². The van der Waals surface area contributed by atoms with E-state index < -0.39 is 0 Å². The highest BCUT2D eigenvalue weighted by molar-refractivity contribution is 7.18. The van der Waals surface area contributed by atoms with E-state index in [1.807, 2.05) is 0 Å². The Kier molecular flexibility index (Phi) is 3.09. The molecule has 5 nitrogen and oxygen atoms in total. The van der Waals surface area contributed by atoms with Crippen molar-refractivity contribution in [3.05, 3.63) is 17.3 Å². The number of anilines is 1. The molecule has 0 amide bonds. The van der Waals surface area contributed by atoms with E-state index in [0.717, 1.165) is 36.8 Å². The normalized spacial score (nSPS) is 21.4. The second kappa shape index (κ2) is 4.95. The molecule has 0 unspecified atom stereocenters. The molecule has 0 aromatic carbocycles. The third-order valence-electron chi connectivity index (χ3n) is 4.26. The van der Waals surface area contributed by atoms with Crippen LogP contribution < -0.4 is 10.2 Å². The van der Waals surface area contributed by atoms with E-state index in [4.69, 9.17) is 0 Å². The molecule has 0 radical (unpaired) electrons. The van der Waals surface area contributed by atoms with Gasteiger partial charge in [0.1, 0.15) is 17.0 Å². The monoisotopic (exact) mass is 289 g/mol. The molecule has 2 saturated heterocycles. The Hall–Kier alpha value is -1.24. The molecule has 4 rings (SSSR count). The number of rotatable bonds is 2. The molecular weight excluding hydrogens is 270 g/mol. The van der Waals surface area contributed by atoms with E-state index in [0.29, 0.717) is 6.04 Å². The number of hydrogen-bond acceptors (Lipinski definition) is 6. The van der Waals surface area contributed by atoms with E-state index in [2.05, 4.69) is 38.1 Å². The van der Waals surface area contributed by atoms with Crippen LogP contribution in [0.5, 0.6) is 0 Å². The molecule has 2 fully saturated rings. The molecule has 0 spiro atoms. The SMILES string of the molecule is Cc1cc2c(N3CC(N4CCNCC4)C3)ncnc2s1. The van der Waals surface area contributed by atoms with Gasteiger partial charge in [0.25, 0.3) is 0 Å². The molecule has 20 heavy (non-hydrogen) atoms. The van der Waals surface area contributed by atoms with Crippen LogP contribution in [0.15, 0.2) is 12.4 Å². The van der Waals surface area contributed by atoms with Gasteiger partial charge in [-0.15, -0.1) is 11.3 Å². The van der Waals surface area contributed by atoms with Crippen molar-refractivity contribution in [2.75, 3.05) is 44.2 Å². The smallest absolute Gasteiger partial charge is 0.140 e. The molecular formula is C14H19N5S. The molecule has 2 aromatic rings. The maximum Gasteiger partial charge on any atom is 0.140 e. The summed E-state index contributed by atoms with van der Waals surface area (Å²) in [5.41, 5.74) is 0. The lowest BCUT2D eigenvalue weighted by Crippen LogP contribution is -2.63. The van der Waals surface area contributed by atoms with Crippen LogP contribution in [0, 0.1) is 6.92 Å². The number of piperazine rings is 1. The van der Waals surface area contributed by atoms with Gasteiger partial charge in [-0.2, -0.15) is 0 Å². The number of nitrogens with one attached hydrogen (secondary N) is 1. The summed E-state index contributed by atoms with van der Waals surface area (Å²) in [7, 11) is 0. The summed E-state index contributed by atoms with van der Waals surface area (Å²) in [5.74, 6) is 1.12. The molecule has 106 valence electrons. The lowest BCUT2D eigenvalue weighted by Gasteiger charge is -2.47. The van der Waals surface area contributed by atoms with Gasteiger partial charge in [-0.05, 0) is 13.0 Å². The van der Waals surface area contributed by atoms with Gasteiger partial charge in [0.15, 0.2) is 0 Å². The zero-order chi connectivity index (χ0) is 13.5. The van der Waals surface area contributed by atoms with Gasteiger partial charge in [-0.1, -0.05) is 0 Å². The van der Waals surface area contributed by atoms with Crippen molar-refractivity contribution < 1.29 is 0 Å². The summed E-state index contributed by atoms with van der Waals surface area (Å²) in [6, 6.07) is 2.91. The van der Waals surface area contributed by atoms with Gasteiger partial charge in [-0.25, -0.2) is 9.97 Å². The molecule has 2 aliphatic heterocycles. The second-order valence-corrected chi connectivity index (χ2v) is 6.85. The molecule has 0 saturated carbocycles. The quantitative estimate of drug-likeness (QED) is 0.897. The van der Waals surface area contributed by atoms with Gasteiger partial charge in [-0.3, -0.25) is 4.90 Å². The van der Waals surface area contributed by atoms with Crippen molar-refractivity contribution in [2.24, 2.45) is 0 Å². The first-order chi connectivity index (χ1) is 9.81. The molecule has 1 N–H and O–H groups in total. The van der Waals surface area contributed by atoms with E-state index in [9.17, 15) is 0 Å². The van der Waals surface area contributed by atoms with E-state index in [1.54, 1.807) is 17.7 Å². The number of hydrogen-bond donors (Lipinski definition) is 1. The standard InChI is InChI=1S/C14H19N5S/c1-10-6-12-13(16-9-17-14(12)20-10)19-7-11(8-19)18-4-2-15-3-5-18/h6,9,11,15H,2-5,7-8H2,1H3. The van der Waals surface area contributed by atoms with Crippen LogP contribution >= 0.6 is 11.3 Å². The van der Waals surface area contributed by atoms with Gasteiger partial charge in [0.05, 0.1) is 5.39 Å². The van der Waals surface area contributed by atoms with Crippen molar-refractivity contribution >= 4 is 27.4 Å². The van der Waals surface area contributed by atoms with Crippen LogP contribution in [0.25, 0.3) is 10.2 Å². The van der Waals surface area contributed by atoms with Gasteiger partial charge < -0.3 is 10.2 Å². The Morgan fingerprint density at radius 2 is 2.05 bits per heavy atom. The molecule has 0 aliphatic carbocycles. The largest absolute Gasteiger partial charge is 0.353 e. The minimum absolute atomic E-state index is 0.696. The zero-order valence-electron chi connectivity index (χ0n) is 11.7. The number of aryl methyl sites for hydroxylation is 1. The van der Waals surface area contributed by atoms with E-state index in [-0.39, 0.29) is 0 Å². The van der Waals surface area contributed by atoms with Crippen LogP contribution in [0.1, 0.15) is 4.88 Å². The van der Waals surface area contributed by atoms with E-state index in [1.165, 1.54) is 23.4 Å². The lowest BCUT2D eigenvalue weighted by atomic mass is 10.1. The van der Waals surface area contributed by atoms with Crippen LogP contribution in [-0.4, -0.2) is 60.2 Å². The summed E-state index contributed by atoms with van der Waals surface area (Å²) >= 11 is 1.75. The van der Waals surface area contributed by atoms with Crippen molar-refractivity contribution in [2.45, 2.75) is 13.0 Å². The average Bonchev–Trinajstić information content (AvgIpc) is 2.79. The Morgan fingerprint density at radius 1 is 1.25 bits per heavy atom. The summed E-state index contributed by atoms with van der Waals surface area (Å²) in [4.78, 5) is 16.3. The number of fused-ring (bicyclic) bond motifs is 1. The van der Waals surface area contributed by atoms with Crippen molar-refractivity contribution in [1.82, 2.24) is 20.2 Å². The van der Waals surface area contributed by atoms with Gasteiger partial charge in [0, 0.05) is 50.2 Å².